The molecular formula is C10H13ClFNO. The molecule has 4 heteroatoms. The lowest BCUT2D eigenvalue weighted by Crippen LogP contribution is -2.10. The van der Waals surface area contributed by atoms with Gasteiger partial charge >= 0.3 is 0 Å². The Morgan fingerprint density at radius 2 is 2.21 bits per heavy atom. The molecular weight excluding hydrogens is 205 g/mol. The number of nitrogens with two attached hydrogens (primary N) is 1. The number of ether oxygens (including phenoxy) is 1. The van der Waals surface area contributed by atoms with Crippen molar-refractivity contribution < 1.29 is 9.13 Å². The molecule has 1 atom stereocenters. The summed E-state index contributed by atoms with van der Waals surface area (Å²) in [6, 6.07) is 2.84. The van der Waals surface area contributed by atoms with Gasteiger partial charge in [0, 0.05) is 6.07 Å². The van der Waals surface area contributed by atoms with Crippen LogP contribution in [0, 0.1) is 5.82 Å². The van der Waals surface area contributed by atoms with E-state index in [1.54, 1.807) is 6.07 Å². The number of methoxy groups -OCH3 is 1. The zero-order valence-electron chi connectivity index (χ0n) is 8.18. The molecule has 0 aliphatic rings. The number of hydrogen-bond acceptors (Lipinski definition) is 2. The van der Waals surface area contributed by atoms with Crippen molar-refractivity contribution in [1.82, 2.24) is 0 Å². The molecule has 0 amide bonds. The largest absolute Gasteiger partial charge is 0.496 e. The molecule has 1 rings (SSSR count). The maximum Gasteiger partial charge on any atom is 0.145 e. The fourth-order valence-electron chi connectivity index (χ4n) is 1.23. The van der Waals surface area contributed by atoms with Crippen LogP contribution in [0.5, 0.6) is 5.75 Å². The molecule has 2 nitrogen and oxygen atoms in total. The lowest BCUT2D eigenvalue weighted by atomic mass is 10.0. The van der Waals surface area contributed by atoms with Crippen LogP contribution in [0.2, 0.25) is 5.02 Å². The summed E-state index contributed by atoms with van der Waals surface area (Å²) in [6.45, 7) is 2.41. The molecule has 0 heterocycles. The van der Waals surface area contributed by atoms with E-state index in [1.165, 1.54) is 13.2 Å². The summed E-state index contributed by atoms with van der Waals surface area (Å²) in [7, 11) is 1.50. The second-order valence-electron chi connectivity index (χ2n) is 3.15. The molecule has 0 saturated heterocycles. The third kappa shape index (κ3) is 2.16. The highest BCUT2D eigenvalue weighted by Crippen LogP contribution is 2.30. The zero-order chi connectivity index (χ0) is 10.7. The van der Waals surface area contributed by atoms with Crippen molar-refractivity contribution in [3.05, 3.63) is 28.5 Å². The van der Waals surface area contributed by atoms with Crippen LogP contribution in [0.25, 0.3) is 0 Å². The van der Waals surface area contributed by atoms with Gasteiger partial charge in [-0.05, 0) is 24.1 Å². The van der Waals surface area contributed by atoms with Crippen LogP contribution < -0.4 is 10.5 Å². The molecule has 78 valence electrons. The quantitative estimate of drug-likeness (QED) is 0.845. The first kappa shape index (κ1) is 11.3. The van der Waals surface area contributed by atoms with E-state index in [2.05, 4.69) is 0 Å². The zero-order valence-corrected chi connectivity index (χ0v) is 8.94. The summed E-state index contributed by atoms with van der Waals surface area (Å²) in [5, 5.41) is 0.0982. The Morgan fingerprint density at radius 1 is 1.57 bits per heavy atom. The maximum absolute atomic E-state index is 13.1. The number of halogens is 2. The molecule has 0 fully saturated rings. The fraction of sp³-hybridized carbons (Fsp3) is 0.400. The van der Waals surface area contributed by atoms with E-state index in [1.807, 2.05) is 6.92 Å². The molecule has 14 heavy (non-hydrogen) atoms. The molecule has 0 saturated carbocycles. The Morgan fingerprint density at radius 3 is 2.71 bits per heavy atom. The Labute approximate surface area is 87.8 Å². The standard InChI is InChI=1S/C10H13ClFNO/c1-6(5-13)7-3-8(11)9(12)4-10(7)14-2/h3-4,6H,5,13H2,1-2H3. The van der Waals surface area contributed by atoms with E-state index in [0.717, 1.165) is 5.56 Å². The van der Waals surface area contributed by atoms with Gasteiger partial charge in [-0.3, -0.25) is 0 Å². The predicted octanol–water partition coefficient (Wildman–Crippen LogP) is 2.55. The van der Waals surface area contributed by atoms with Crippen molar-refractivity contribution in [3.63, 3.8) is 0 Å². The molecule has 1 aromatic rings. The van der Waals surface area contributed by atoms with Gasteiger partial charge in [0.25, 0.3) is 0 Å². The van der Waals surface area contributed by atoms with E-state index in [4.69, 9.17) is 22.1 Å². The van der Waals surface area contributed by atoms with Crippen LogP contribution in [0.15, 0.2) is 12.1 Å². The number of rotatable bonds is 3. The Balaban J connectivity index is 3.19. The van der Waals surface area contributed by atoms with Gasteiger partial charge in [0.1, 0.15) is 11.6 Å². The van der Waals surface area contributed by atoms with Crippen LogP contribution in [0.3, 0.4) is 0 Å². The summed E-state index contributed by atoms with van der Waals surface area (Å²) in [6.07, 6.45) is 0. The summed E-state index contributed by atoms with van der Waals surface area (Å²) in [5.41, 5.74) is 6.36. The van der Waals surface area contributed by atoms with Crippen LogP contribution in [0.1, 0.15) is 18.4 Å². The van der Waals surface area contributed by atoms with Gasteiger partial charge in [-0.1, -0.05) is 18.5 Å². The summed E-state index contributed by atoms with van der Waals surface area (Å²) in [5.74, 6) is 0.115. The SMILES string of the molecule is COc1cc(F)c(Cl)cc1C(C)CN. The van der Waals surface area contributed by atoms with E-state index in [0.29, 0.717) is 12.3 Å². The van der Waals surface area contributed by atoms with Crippen molar-refractivity contribution >= 4 is 11.6 Å². The maximum atomic E-state index is 13.1. The highest BCUT2D eigenvalue weighted by Gasteiger charge is 2.13. The second-order valence-corrected chi connectivity index (χ2v) is 3.55. The van der Waals surface area contributed by atoms with Gasteiger partial charge in [-0.2, -0.15) is 0 Å². The average Bonchev–Trinajstić information content (AvgIpc) is 2.20. The molecule has 0 aliphatic carbocycles. The molecule has 0 aliphatic heterocycles. The van der Waals surface area contributed by atoms with E-state index in [-0.39, 0.29) is 10.9 Å². The van der Waals surface area contributed by atoms with Crippen molar-refractivity contribution in [1.29, 1.82) is 0 Å². The van der Waals surface area contributed by atoms with E-state index in [9.17, 15) is 4.39 Å². The van der Waals surface area contributed by atoms with Crippen molar-refractivity contribution in [2.45, 2.75) is 12.8 Å². The minimum atomic E-state index is -0.475. The Kier molecular flexibility index (Phi) is 3.72. The highest BCUT2D eigenvalue weighted by atomic mass is 35.5. The molecule has 0 radical (unpaired) electrons. The lowest BCUT2D eigenvalue weighted by Gasteiger charge is -2.14. The van der Waals surface area contributed by atoms with Crippen LogP contribution in [-0.2, 0) is 0 Å². The minimum absolute atomic E-state index is 0.0982. The second kappa shape index (κ2) is 4.62. The predicted molar refractivity (Wildman–Crippen MR) is 55.4 cm³/mol. The molecule has 1 unspecified atom stereocenters. The van der Waals surface area contributed by atoms with Crippen LogP contribution >= 0.6 is 11.6 Å². The van der Waals surface area contributed by atoms with Crippen LogP contribution in [0.4, 0.5) is 4.39 Å². The summed E-state index contributed by atoms with van der Waals surface area (Å²) in [4.78, 5) is 0. The lowest BCUT2D eigenvalue weighted by molar-refractivity contribution is 0.403. The van der Waals surface area contributed by atoms with Gasteiger partial charge in [-0.25, -0.2) is 4.39 Å². The summed E-state index contributed by atoms with van der Waals surface area (Å²) >= 11 is 5.67. The average molecular weight is 218 g/mol. The minimum Gasteiger partial charge on any atom is -0.496 e. The van der Waals surface area contributed by atoms with Gasteiger partial charge < -0.3 is 10.5 Å². The Bertz CT molecular complexity index is 330. The van der Waals surface area contributed by atoms with E-state index < -0.39 is 5.82 Å². The first-order valence-electron chi connectivity index (χ1n) is 4.33. The van der Waals surface area contributed by atoms with Crippen molar-refractivity contribution in [2.24, 2.45) is 5.73 Å². The molecule has 0 aromatic heterocycles. The van der Waals surface area contributed by atoms with Crippen molar-refractivity contribution in [2.75, 3.05) is 13.7 Å². The number of hydrogen-bond donors (Lipinski definition) is 1. The van der Waals surface area contributed by atoms with Gasteiger partial charge in [0.2, 0.25) is 0 Å². The number of benzene rings is 1. The molecule has 2 N–H and O–H groups in total. The van der Waals surface area contributed by atoms with Crippen molar-refractivity contribution in [3.8, 4) is 5.75 Å². The fourth-order valence-corrected chi connectivity index (χ4v) is 1.40. The highest BCUT2D eigenvalue weighted by molar-refractivity contribution is 6.30. The van der Waals surface area contributed by atoms with Gasteiger partial charge in [0.05, 0.1) is 12.1 Å². The third-order valence-electron chi connectivity index (χ3n) is 2.16. The van der Waals surface area contributed by atoms with E-state index >= 15 is 0 Å². The smallest absolute Gasteiger partial charge is 0.145 e. The van der Waals surface area contributed by atoms with Gasteiger partial charge in [-0.15, -0.1) is 0 Å². The molecule has 1 aromatic carbocycles. The summed E-state index contributed by atoms with van der Waals surface area (Å²) < 4.78 is 18.1. The normalized spacial score (nSPS) is 12.6. The third-order valence-corrected chi connectivity index (χ3v) is 2.45. The van der Waals surface area contributed by atoms with Gasteiger partial charge in [0.15, 0.2) is 0 Å². The van der Waals surface area contributed by atoms with Crippen LogP contribution in [-0.4, -0.2) is 13.7 Å². The monoisotopic (exact) mass is 217 g/mol. The first-order chi connectivity index (χ1) is 6.60. The molecule has 0 spiro atoms. The topological polar surface area (TPSA) is 35.2 Å². The molecule has 0 bridgehead atoms. The Hall–Kier alpha value is -0.800. The first-order valence-corrected chi connectivity index (χ1v) is 4.71.